The zero-order chi connectivity index (χ0) is 19.8. The van der Waals surface area contributed by atoms with E-state index in [2.05, 4.69) is 5.32 Å². The van der Waals surface area contributed by atoms with Crippen LogP contribution < -0.4 is 5.32 Å². The molecule has 0 spiro atoms. The summed E-state index contributed by atoms with van der Waals surface area (Å²) >= 11 is 0. The van der Waals surface area contributed by atoms with Gasteiger partial charge in [-0.25, -0.2) is 4.79 Å². The molecule has 0 heterocycles. The van der Waals surface area contributed by atoms with Crippen LogP contribution in [0.4, 0.5) is 10.5 Å². The minimum Gasteiger partial charge on any atom is -0.445 e. The molecule has 8 heteroatoms. The fraction of sp³-hybridized carbons (Fsp3) is 0.316. The molecule has 0 bridgehead atoms. The van der Waals surface area contributed by atoms with Gasteiger partial charge in [0.1, 0.15) is 12.7 Å². The van der Waals surface area contributed by atoms with Crippen molar-refractivity contribution >= 4 is 11.8 Å². The molecular weight excluding hydrogens is 352 g/mol. The van der Waals surface area contributed by atoms with Crippen molar-refractivity contribution in [2.75, 3.05) is 6.54 Å². The number of amides is 1. The number of benzene rings is 2. The van der Waals surface area contributed by atoms with Gasteiger partial charge in [0.15, 0.2) is 0 Å². The van der Waals surface area contributed by atoms with Crippen LogP contribution in [0.15, 0.2) is 48.5 Å². The maximum absolute atomic E-state index is 11.6. The summed E-state index contributed by atoms with van der Waals surface area (Å²) in [7, 11) is 0. The molecule has 0 aliphatic rings. The van der Waals surface area contributed by atoms with Crippen LogP contribution in [0.5, 0.6) is 0 Å². The fourth-order valence-corrected chi connectivity index (χ4v) is 2.48. The van der Waals surface area contributed by atoms with E-state index in [0.29, 0.717) is 5.56 Å². The van der Waals surface area contributed by atoms with E-state index in [-0.39, 0.29) is 30.8 Å². The summed E-state index contributed by atoms with van der Waals surface area (Å²) in [4.78, 5) is 22.1. The Morgan fingerprint density at radius 3 is 2.59 bits per heavy atom. The minimum atomic E-state index is -1.30. The molecule has 2 aromatic carbocycles. The van der Waals surface area contributed by atoms with Gasteiger partial charge >= 0.3 is 6.09 Å². The van der Waals surface area contributed by atoms with Gasteiger partial charge < -0.3 is 20.3 Å². The van der Waals surface area contributed by atoms with Crippen molar-refractivity contribution in [3.8, 4) is 0 Å². The summed E-state index contributed by atoms with van der Waals surface area (Å²) in [6, 6.07) is 13.5. The number of rotatable bonds is 8. The van der Waals surface area contributed by atoms with Gasteiger partial charge in [-0.05, 0) is 24.5 Å². The van der Waals surface area contributed by atoms with Gasteiger partial charge in [-0.2, -0.15) is 0 Å². The average Bonchev–Trinajstić information content (AvgIpc) is 2.66. The van der Waals surface area contributed by atoms with Crippen LogP contribution in [0.25, 0.3) is 0 Å². The number of nitrogens with one attached hydrogen (secondary N) is 1. The Hall–Kier alpha value is -2.97. The highest BCUT2D eigenvalue weighted by Crippen LogP contribution is 2.25. The van der Waals surface area contributed by atoms with E-state index in [1.165, 1.54) is 18.2 Å². The van der Waals surface area contributed by atoms with Crippen LogP contribution in [0, 0.1) is 17.0 Å². The summed E-state index contributed by atoms with van der Waals surface area (Å²) in [5.41, 5.74) is 1.44. The lowest BCUT2D eigenvalue weighted by atomic mass is 10.00. The Kier molecular flexibility index (Phi) is 7.27. The number of carbonyl (C=O) groups is 1. The monoisotopic (exact) mass is 374 g/mol. The molecule has 0 fully saturated rings. The predicted molar refractivity (Wildman–Crippen MR) is 98.0 cm³/mol. The number of aryl methyl sites for hydroxylation is 1. The first-order valence-corrected chi connectivity index (χ1v) is 8.44. The van der Waals surface area contributed by atoms with E-state index in [4.69, 9.17) is 4.74 Å². The molecule has 0 saturated heterocycles. The predicted octanol–water partition coefficient (Wildman–Crippen LogP) is 2.61. The zero-order valence-electron chi connectivity index (χ0n) is 14.9. The standard InChI is InChI=1S/C19H22N2O6/c1-13-7-8-15(11-16(13)21(25)26)18(23)17(22)9-10-20-19(24)27-12-14-5-3-2-4-6-14/h2-8,11,17-18,22-23H,9-10,12H2,1H3,(H,20,24). The van der Waals surface area contributed by atoms with Gasteiger partial charge in [-0.15, -0.1) is 0 Å². The van der Waals surface area contributed by atoms with Crippen molar-refractivity contribution in [2.45, 2.75) is 32.2 Å². The summed E-state index contributed by atoms with van der Waals surface area (Å²) in [6.45, 7) is 1.81. The smallest absolute Gasteiger partial charge is 0.407 e. The van der Waals surface area contributed by atoms with Gasteiger partial charge in [0.25, 0.3) is 5.69 Å². The number of hydrogen-bond acceptors (Lipinski definition) is 6. The zero-order valence-corrected chi connectivity index (χ0v) is 14.9. The first-order valence-electron chi connectivity index (χ1n) is 8.44. The summed E-state index contributed by atoms with van der Waals surface area (Å²) in [5, 5.41) is 33.7. The van der Waals surface area contributed by atoms with E-state index in [0.717, 1.165) is 5.56 Å². The van der Waals surface area contributed by atoms with Crippen molar-refractivity contribution in [3.05, 3.63) is 75.3 Å². The van der Waals surface area contributed by atoms with Crippen LogP contribution in [-0.4, -0.2) is 33.9 Å². The first kappa shape index (κ1) is 20.3. The highest BCUT2D eigenvalue weighted by Gasteiger charge is 2.21. The van der Waals surface area contributed by atoms with E-state index < -0.39 is 23.2 Å². The topological polar surface area (TPSA) is 122 Å². The Morgan fingerprint density at radius 1 is 1.22 bits per heavy atom. The van der Waals surface area contributed by atoms with Crippen molar-refractivity contribution in [3.63, 3.8) is 0 Å². The molecule has 3 N–H and O–H groups in total. The number of aliphatic hydroxyl groups is 2. The van der Waals surface area contributed by atoms with Crippen LogP contribution >= 0.6 is 0 Å². The van der Waals surface area contributed by atoms with Crippen molar-refractivity contribution in [2.24, 2.45) is 0 Å². The average molecular weight is 374 g/mol. The lowest BCUT2D eigenvalue weighted by Gasteiger charge is -2.18. The number of nitro benzene ring substituents is 1. The van der Waals surface area contributed by atoms with Gasteiger partial charge in [-0.3, -0.25) is 10.1 Å². The molecule has 0 saturated carbocycles. The number of hydrogen-bond donors (Lipinski definition) is 3. The van der Waals surface area contributed by atoms with Crippen LogP contribution in [-0.2, 0) is 11.3 Å². The Balaban J connectivity index is 1.79. The molecule has 1 amide bonds. The van der Waals surface area contributed by atoms with Gasteiger partial charge in [0, 0.05) is 18.2 Å². The SMILES string of the molecule is Cc1ccc(C(O)C(O)CCNC(=O)OCc2ccccc2)cc1[N+](=O)[O-]. The largest absolute Gasteiger partial charge is 0.445 e. The second kappa shape index (κ2) is 9.65. The van der Waals surface area contributed by atoms with Crippen LogP contribution in [0.1, 0.15) is 29.2 Å². The third-order valence-electron chi connectivity index (χ3n) is 4.06. The third kappa shape index (κ3) is 6.05. The third-order valence-corrected chi connectivity index (χ3v) is 4.06. The van der Waals surface area contributed by atoms with Crippen molar-refractivity contribution in [1.29, 1.82) is 0 Å². The van der Waals surface area contributed by atoms with E-state index in [1.807, 2.05) is 30.3 Å². The highest BCUT2D eigenvalue weighted by molar-refractivity contribution is 5.67. The summed E-state index contributed by atoms with van der Waals surface area (Å²) in [5.74, 6) is 0. The summed E-state index contributed by atoms with van der Waals surface area (Å²) in [6.07, 6.45) is -3.07. The molecule has 0 aliphatic heterocycles. The number of alkyl carbamates (subject to hydrolysis) is 1. The Labute approximate surface area is 156 Å². The van der Waals surface area contributed by atoms with Crippen LogP contribution in [0.2, 0.25) is 0 Å². The molecular formula is C19H22N2O6. The Bertz CT molecular complexity index is 781. The summed E-state index contributed by atoms with van der Waals surface area (Å²) < 4.78 is 5.04. The fourth-order valence-electron chi connectivity index (χ4n) is 2.48. The van der Waals surface area contributed by atoms with Crippen molar-refractivity contribution < 1.29 is 24.7 Å². The van der Waals surface area contributed by atoms with Crippen LogP contribution in [0.3, 0.4) is 0 Å². The minimum absolute atomic E-state index is 0.0588. The molecule has 144 valence electrons. The molecule has 0 aliphatic carbocycles. The molecule has 2 rings (SSSR count). The van der Waals surface area contributed by atoms with E-state index in [1.54, 1.807) is 6.92 Å². The molecule has 2 atom stereocenters. The maximum atomic E-state index is 11.6. The number of carbonyl (C=O) groups excluding carboxylic acids is 1. The normalized spacial score (nSPS) is 12.9. The number of nitro groups is 1. The lowest BCUT2D eigenvalue weighted by molar-refractivity contribution is -0.385. The maximum Gasteiger partial charge on any atom is 0.407 e. The van der Waals surface area contributed by atoms with Crippen molar-refractivity contribution in [1.82, 2.24) is 5.32 Å². The molecule has 0 aromatic heterocycles. The molecule has 0 radical (unpaired) electrons. The Morgan fingerprint density at radius 2 is 1.93 bits per heavy atom. The van der Waals surface area contributed by atoms with E-state index in [9.17, 15) is 25.1 Å². The second-order valence-corrected chi connectivity index (χ2v) is 6.09. The number of ether oxygens (including phenoxy) is 1. The molecule has 8 nitrogen and oxygen atoms in total. The molecule has 27 heavy (non-hydrogen) atoms. The molecule has 2 unspecified atom stereocenters. The van der Waals surface area contributed by atoms with Gasteiger partial charge in [0.2, 0.25) is 0 Å². The van der Waals surface area contributed by atoms with E-state index >= 15 is 0 Å². The quantitative estimate of drug-likeness (QED) is 0.482. The number of nitrogens with zero attached hydrogens (tertiary/aromatic N) is 1. The lowest BCUT2D eigenvalue weighted by Crippen LogP contribution is -2.29. The number of aliphatic hydroxyl groups excluding tert-OH is 2. The highest BCUT2D eigenvalue weighted by atomic mass is 16.6. The van der Waals surface area contributed by atoms with Gasteiger partial charge in [0.05, 0.1) is 11.0 Å². The first-order chi connectivity index (χ1) is 12.9. The molecule has 2 aromatic rings. The van der Waals surface area contributed by atoms with Gasteiger partial charge in [-0.1, -0.05) is 42.5 Å². The second-order valence-electron chi connectivity index (χ2n) is 6.09.